The number of fused-ring (bicyclic) bond motifs is 1. The number of phenolic OH excluding ortho intramolecular Hbond substituents is 3. The molecular weight excluding hydrogens is 428 g/mol. The van der Waals surface area contributed by atoms with Crippen LogP contribution in [-0.2, 0) is 11.2 Å². The number of benzene rings is 2. The van der Waals surface area contributed by atoms with Gasteiger partial charge in [-0.15, -0.1) is 0 Å². The van der Waals surface area contributed by atoms with Gasteiger partial charge >= 0.3 is 0 Å². The number of ether oxygens (including phenoxy) is 3. The first-order valence-corrected chi connectivity index (χ1v) is 9.89. The summed E-state index contributed by atoms with van der Waals surface area (Å²) in [5.41, 5.74) is 0.691. The molecule has 11 heteroatoms. The first-order valence-electron chi connectivity index (χ1n) is 9.89. The van der Waals surface area contributed by atoms with Gasteiger partial charge < -0.3 is 55.1 Å². The normalized spacial score (nSPS) is 32.1. The van der Waals surface area contributed by atoms with E-state index in [1.165, 1.54) is 30.3 Å². The predicted octanol–water partition coefficient (Wildman–Crippen LogP) is -0.981. The van der Waals surface area contributed by atoms with Gasteiger partial charge in [0, 0.05) is 24.1 Å². The highest BCUT2D eigenvalue weighted by Gasteiger charge is 2.45. The Bertz CT molecular complexity index is 978. The number of aromatic hydroxyl groups is 3. The van der Waals surface area contributed by atoms with Gasteiger partial charge in [-0.25, -0.2) is 0 Å². The van der Waals surface area contributed by atoms with Crippen molar-refractivity contribution in [2.45, 2.75) is 49.3 Å². The van der Waals surface area contributed by atoms with Crippen molar-refractivity contribution < 1.29 is 55.1 Å². The smallest absolute Gasteiger partial charge is 0.229 e. The standard InChI is InChI=1S/C21H24O11/c22-7-16-17(27)18(28)19(29)21(32-16)30-9-4-12(24)10-6-14(26)20(31-15(10)5-9)8-1-2-11(23)13(25)3-8/h1-5,14,16-29H,6-7H2/t14-,16+,17-,18+,19-,20-,21-/m1/s1. The summed E-state index contributed by atoms with van der Waals surface area (Å²) in [6, 6.07) is 6.58. The van der Waals surface area contributed by atoms with Crippen LogP contribution in [0.15, 0.2) is 30.3 Å². The fourth-order valence-electron chi connectivity index (χ4n) is 3.82. The minimum atomic E-state index is -1.64. The third-order valence-electron chi connectivity index (χ3n) is 5.60. The molecule has 0 unspecified atom stereocenters. The first-order chi connectivity index (χ1) is 15.2. The summed E-state index contributed by atoms with van der Waals surface area (Å²) in [6.45, 7) is -0.623. The molecule has 1 saturated heterocycles. The van der Waals surface area contributed by atoms with E-state index in [2.05, 4.69) is 0 Å². The number of aliphatic hydroxyl groups is 5. The van der Waals surface area contributed by atoms with Gasteiger partial charge in [0.15, 0.2) is 11.5 Å². The van der Waals surface area contributed by atoms with E-state index >= 15 is 0 Å². The van der Waals surface area contributed by atoms with Crippen molar-refractivity contribution in [1.29, 1.82) is 0 Å². The monoisotopic (exact) mass is 452 g/mol. The Balaban J connectivity index is 1.59. The Morgan fingerprint density at radius 1 is 0.875 bits per heavy atom. The maximum Gasteiger partial charge on any atom is 0.229 e. The van der Waals surface area contributed by atoms with Crippen LogP contribution in [0.2, 0.25) is 0 Å². The van der Waals surface area contributed by atoms with Crippen molar-refractivity contribution in [2.75, 3.05) is 6.61 Å². The molecule has 1 fully saturated rings. The van der Waals surface area contributed by atoms with Gasteiger partial charge in [-0.05, 0) is 17.7 Å². The average molecular weight is 452 g/mol. The summed E-state index contributed by atoms with van der Waals surface area (Å²) < 4.78 is 16.7. The van der Waals surface area contributed by atoms with Gasteiger partial charge in [-0.1, -0.05) is 6.07 Å². The first kappa shape index (κ1) is 22.4. The van der Waals surface area contributed by atoms with Crippen molar-refractivity contribution >= 4 is 0 Å². The topological polar surface area (TPSA) is 190 Å². The quantitative estimate of drug-likeness (QED) is 0.266. The number of hydrogen-bond donors (Lipinski definition) is 8. The molecule has 7 atom stereocenters. The maximum atomic E-state index is 10.5. The minimum Gasteiger partial charge on any atom is -0.507 e. The molecule has 8 N–H and O–H groups in total. The van der Waals surface area contributed by atoms with Crippen molar-refractivity contribution in [3.05, 3.63) is 41.5 Å². The highest BCUT2D eigenvalue weighted by molar-refractivity contribution is 5.52. The zero-order chi connectivity index (χ0) is 23.2. The van der Waals surface area contributed by atoms with Crippen LogP contribution in [-0.4, -0.2) is 84.3 Å². The molecule has 0 aliphatic carbocycles. The van der Waals surface area contributed by atoms with E-state index in [0.717, 1.165) is 0 Å². The Morgan fingerprint density at radius 2 is 1.62 bits per heavy atom. The van der Waals surface area contributed by atoms with Gasteiger partial charge in [0.05, 0.1) is 12.7 Å². The van der Waals surface area contributed by atoms with E-state index in [4.69, 9.17) is 14.2 Å². The third kappa shape index (κ3) is 4.01. The second-order valence-corrected chi connectivity index (χ2v) is 7.79. The van der Waals surface area contributed by atoms with Gasteiger partial charge in [0.2, 0.25) is 6.29 Å². The Kier molecular flexibility index (Phi) is 6.03. The molecule has 2 heterocycles. The highest BCUT2D eigenvalue weighted by atomic mass is 16.7. The second-order valence-electron chi connectivity index (χ2n) is 7.79. The van der Waals surface area contributed by atoms with Crippen molar-refractivity contribution in [3.8, 4) is 28.7 Å². The molecule has 0 saturated carbocycles. The van der Waals surface area contributed by atoms with E-state index in [0.29, 0.717) is 11.1 Å². The number of phenols is 3. The van der Waals surface area contributed by atoms with Crippen LogP contribution >= 0.6 is 0 Å². The molecule has 2 aliphatic heterocycles. The minimum absolute atomic E-state index is 0.00530. The third-order valence-corrected chi connectivity index (χ3v) is 5.60. The van der Waals surface area contributed by atoms with Crippen LogP contribution in [0.5, 0.6) is 28.7 Å². The van der Waals surface area contributed by atoms with Crippen LogP contribution in [0.4, 0.5) is 0 Å². The van der Waals surface area contributed by atoms with E-state index in [1.807, 2.05) is 0 Å². The summed E-state index contributed by atoms with van der Waals surface area (Å²) in [7, 11) is 0. The molecule has 4 rings (SSSR count). The summed E-state index contributed by atoms with van der Waals surface area (Å²) in [5.74, 6) is -0.811. The molecule has 2 aliphatic rings. The molecule has 0 spiro atoms. The van der Waals surface area contributed by atoms with E-state index in [9.17, 15) is 40.9 Å². The summed E-state index contributed by atoms with van der Waals surface area (Å²) >= 11 is 0. The van der Waals surface area contributed by atoms with Gasteiger partial charge in [-0.3, -0.25) is 0 Å². The molecule has 174 valence electrons. The summed E-state index contributed by atoms with van der Waals surface area (Å²) in [4.78, 5) is 0. The van der Waals surface area contributed by atoms with Crippen LogP contribution in [0.25, 0.3) is 0 Å². The fourth-order valence-corrected chi connectivity index (χ4v) is 3.82. The zero-order valence-electron chi connectivity index (χ0n) is 16.6. The van der Waals surface area contributed by atoms with Gasteiger partial charge in [-0.2, -0.15) is 0 Å². The maximum absolute atomic E-state index is 10.5. The number of hydrogen-bond acceptors (Lipinski definition) is 11. The Labute approximate surface area is 181 Å². The number of rotatable bonds is 4. The van der Waals surface area contributed by atoms with Gasteiger partial charge in [0.1, 0.15) is 47.8 Å². The lowest BCUT2D eigenvalue weighted by molar-refractivity contribution is -0.277. The molecular formula is C21H24O11. The summed E-state index contributed by atoms with van der Waals surface area (Å²) in [6.07, 6.45) is -9.39. The van der Waals surface area contributed by atoms with Crippen molar-refractivity contribution in [1.82, 2.24) is 0 Å². The molecule has 11 nitrogen and oxygen atoms in total. The molecule has 0 aromatic heterocycles. The SMILES string of the molecule is OC[C@@H]1O[C@@H](Oc2cc(O)c3c(c2)O[C@H](c2ccc(O)c(O)c2)[C@H](O)C3)[C@H](O)[C@@H](O)[C@@H]1O. The molecule has 32 heavy (non-hydrogen) atoms. The van der Waals surface area contributed by atoms with Crippen LogP contribution < -0.4 is 9.47 Å². The van der Waals surface area contributed by atoms with Crippen molar-refractivity contribution in [2.24, 2.45) is 0 Å². The molecule has 0 radical (unpaired) electrons. The molecule has 0 bridgehead atoms. The van der Waals surface area contributed by atoms with Crippen LogP contribution in [0.3, 0.4) is 0 Å². The number of aliphatic hydroxyl groups excluding tert-OH is 5. The lowest BCUT2D eigenvalue weighted by atomic mass is 9.94. The Morgan fingerprint density at radius 3 is 2.31 bits per heavy atom. The highest BCUT2D eigenvalue weighted by Crippen LogP contribution is 2.43. The fraction of sp³-hybridized carbons (Fsp3) is 0.429. The van der Waals surface area contributed by atoms with Crippen LogP contribution in [0.1, 0.15) is 17.2 Å². The molecule has 2 aromatic carbocycles. The Hall–Kier alpha value is -2.80. The van der Waals surface area contributed by atoms with Crippen LogP contribution in [0, 0.1) is 0 Å². The summed E-state index contributed by atoms with van der Waals surface area (Å²) in [5, 5.41) is 79.4. The van der Waals surface area contributed by atoms with E-state index in [-0.39, 0.29) is 35.2 Å². The van der Waals surface area contributed by atoms with E-state index < -0.39 is 49.5 Å². The van der Waals surface area contributed by atoms with Crippen molar-refractivity contribution in [3.63, 3.8) is 0 Å². The lowest BCUT2D eigenvalue weighted by Gasteiger charge is -2.39. The second kappa shape index (κ2) is 8.62. The molecule has 2 aromatic rings. The van der Waals surface area contributed by atoms with E-state index in [1.54, 1.807) is 0 Å². The predicted molar refractivity (Wildman–Crippen MR) is 105 cm³/mol. The zero-order valence-corrected chi connectivity index (χ0v) is 16.6. The lowest BCUT2D eigenvalue weighted by Crippen LogP contribution is -2.60. The van der Waals surface area contributed by atoms with Gasteiger partial charge in [0.25, 0.3) is 0 Å². The molecule has 0 amide bonds. The largest absolute Gasteiger partial charge is 0.507 e. The average Bonchev–Trinajstić information content (AvgIpc) is 2.76.